The van der Waals surface area contributed by atoms with Crippen LogP contribution >= 0.6 is 0 Å². The van der Waals surface area contributed by atoms with Gasteiger partial charge in [-0.15, -0.1) is 0 Å². The van der Waals surface area contributed by atoms with Crippen molar-refractivity contribution in [2.24, 2.45) is 5.92 Å². The summed E-state index contributed by atoms with van der Waals surface area (Å²) in [6, 6.07) is 8.72. The van der Waals surface area contributed by atoms with E-state index < -0.39 is 10.0 Å². The highest BCUT2D eigenvalue weighted by atomic mass is 32.2. The van der Waals surface area contributed by atoms with Crippen LogP contribution in [-0.2, 0) is 10.0 Å². The highest BCUT2D eigenvalue weighted by Gasteiger charge is 2.26. The van der Waals surface area contributed by atoms with Gasteiger partial charge in [0.05, 0.1) is 4.90 Å². The topological polar surface area (TPSA) is 37.4 Å². The molecular formula is C13H19NO2S. The second kappa shape index (κ2) is 5.19. The van der Waals surface area contributed by atoms with Crippen LogP contribution in [0.15, 0.2) is 35.2 Å². The number of rotatable bonds is 2. The number of hydrogen-bond acceptors (Lipinski definition) is 2. The zero-order valence-electron chi connectivity index (χ0n) is 10.2. The molecule has 1 heterocycles. The van der Waals surface area contributed by atoms with Crippen LogP contribution in [-0.4, -0.2) is 25.8 Å². The van der Waals surface area contributed by atoms with Gasteiger partial charge in [-0.05, 0) is 37.3 Å². The zero-order chi connectivity index (χ0) is 12.3. The summed E-state index contributed by atoms with van der Waals surface area (Å²) in [5.74, 6) is 0.631. The average molecular weight is 253 g/mol. The molecule has 4 heteroatoms. The van der Waals surface area contributed by atoms with Crippen molar-refractivity contribution in [1.82, 2.24) is 4.31 Å². The molecule has 0 spiro atoms. The second-order valence-electron chi connectivity index (χ2n) is 4.75. The fourth-order valence-electron chi connectivity index (χ4n) is 2.22. The summed E-state index contributed by atoms with van der Waals surface area (Å²) in [4.78, 5) is 0.412. The molecule has 17 heavy (non-hydrogen) atoms. The molecule has 0 aliphatic carbocycles. The van der Waals surface area contributed by atoms with Gasteiger partial charge in [0.15, 0.2) is 0 Å². The molecule has 0 bridgehead atoms. The van der Waals surface area contributed by atoms with E-state index in [1.165, 1.54) is 0 Å². The van der Waals surface area contributed by atoms with E-state index in [2.05, 4.69) is 6.92 Å². The molecule has 1 aliphatic rings. The molecule has 94 valence electrons. The lowest BCUT2D eigenvalue weighted by molar-refractivity contribution is 0.417. The molecule has 1 fully saturated rings. The van der Waals surface area contributed by atoms with Gasteiger partial charge in [-0.1, -0.05) is 25.1 Å². The van der Waals surface area contributed by atoms with E-state index in [1.807, 2.05) is 6.07 Å². The largest absolute Gasteiger partial charge is 0.243 e. The first-order valence-corrected chi connectivity index (χ1v) is 7.60. The monoisotopic (exact) mass is 253 g/mol. The number of nitrogens with zero attached hydrogens (tertiary/aromatic N) is 1. The Bertz CT molecular complexity index is 456. The Morgan fingerprint density at radius 3 is 2.53 bits per heavy atom. The minimum Gasteiger partial charge on any atom is -0.207 e. The fraction of sp³-hybridized carbons (Fsp3) is 0.538. The van der Waals surface area contributed by atoms with Gasteiger partial charge in [-0.2, -0.15) is 4.31 Å². The van der Waals surface area contributed by atoms with Crippen molar-refractivity contribution in [1.29, 1.82) is 0 Å². The van der Waals surface area contributed by atoms with Crippen LogP contribution < -0.4 is 0 Å². The Hall–Kier alpha value is -0.870. The first kappa shape index (κ1) is 12.6. The summed E-state index contributed by atoms with van der Waals surface area (Å²) in [6.07, 6.45) is 3.06. The van der Waals surface area contributed by atoms with Gasteiger partial charge in [0.25, 0.3) is 0 Å². The van der Waals surface area contributed by atoms with Crippen molar-refractivity contribution in [2.75, 3.05) is 13.1 Å². The SMILES string of the molecule is CC1CCCN(S(=O)(=O)c2ccccc2)CC1. The van der Waals surface area contributed by atoms with Crippen LogP contribution in [0.4, 0.5) is 0 Å². The number of sulfonamides is 1. The lowest BCUT2D eigenvalue weighted by atomic mass is 10.0. The van der Waals surface area contributed by atoms with E-state index in [9.17, 15) is 8.42 Å². The smallest absolute Gasteiger partial charge is 0.207 e. The summed E-state index contributed by atoms with van der Waals surface area (Å²) in [7, 11) is -3.28. The fourth-order valence-corrected chi connectivity index (χ4v) is 3.73. The molecule has 1 saturated heterocycles. The average Bonchev–Trinajstić information content (AvgIpc) is 2.55. The summed E-state index contributed by atoms with van der Waals surface area (Å²) in [5, 5.41) is 0. The summed E-state index contributed by atoms with van der Waals surface area (Å²) in [6.45, 7) is 3.50. The van der Waals surface area contributed by atoms with Crippen LogP contribution in [0, 0.1) is 5.92 Å². The summed E-state index contributed by atoms with van der Waals surface area (Å²) < 4.78 is 26.4. The molecular weight excluding hydrogens is 234 g/mol. The summed E-state index contributed by atoms with van der Waals surface area (Å²) in [5.41, 5.74) is 0. The number of benzene rings is 1. The third-order valence-corrected chi connectivity index (χ3v) is 5.27. The normalized spacial score (nSPS) is 23.2. The van der Waals surface area contributed by atoms with E-state index in [0.717, 1.165) is 19.3 Å². The minimum absolute atomic E-state index is 0.412. The molecule has 1 atom stereocenters. The van der Waals surface area contributed by atoms with Gasteiger partial charge in [0.1, 0.15) is 0 Å². The predicted octanol–water partition coefficient (Wildman–Crippen LogP) is 2.50. The molecule has 1 aromatic rings. The Morgan fingerprint density at radius 1 is 1.12 bits per heavy atom. The van der Waals surface area contributed by atoms with E-state index >= 15 is 0 Å². The maximum atomic E-state index is 12.4. The van der Waals surface area contributed by atoms with E-state index in [0.29, 0.717) is 23.9 Å². The predicted molar refractivity (Wildman–Crippen MR) is 68.2 cm³/mol. The molecule has 1 unspecified atom stereocenters. The standard InChI is InChI=1S/C13H19NO2S/c1-12-6-5-10-14(11-9-12)17(15,16)13-7-3-2-4-8-13/h2-4,7-8,12H,5-6,9-11H2,1H3. The Morgan fingerprint density at radius 2 is 1.82 bits per heavy atom. The van der Waals surface area contributed by atoms with E-state index in [-0.39, 0.29) is 0 Å². The Balaban J connectivity index is 2.21. The van der Waals surface area contributed by atoms with Crippen molar-refractivity contribution >= 4 is 10.0 Å². The van der Waals surface area contributed by atoms with Crippen molar-refractivity contribution in [3.63, 3.8) is 0 Å². The maximum Gasteiger partial charge on any atom is 0.243 e. The van der Waals surface area contributed by atoms with Crippen LogP contribution in [0.25, 0.3) is 0 Å². The molecule has 1 aliphatic heterocycles. The molecule has 0 saturated carbocycles. The minimum atomic E-state index is -3.28. The third kappa shape index (κ3) is 2.87. The quantitative estimate of drug-likeness (QED) is 0.812. The van der Waals surface area contributed by atoms with Gasteiger partial charge < -0.3 is 0 Å². The molecule has 3 nitrogen and oxygen atoms in total. The summed E-state index contributed by atoms with van der Waals surface area (Å²) >= 11 is 0. The lowest BCUT2D eigenvalue weighted by Crippen LogP contribution is -2.32. The van der Waals surface area contributed by atoms with Crippen LogP contribution in [0.5, 0.6) is 0 Å². The van der Waals surface area contributed by atoms with Gasteiger partial charge in [0.2, 0.25) is 10.0 Å². The lowest BCUT2D eigenvalue weighted by Gasteiger charge is -2.19. The maximum absolute atomic E-state index is 12.4. The highest BCUT2D eigenvalue weighted by molar-refractivity contribution is 7.89. The molecule has 0 amide bonds. The van der Waals surface area contributed by atoms with E-state index in [1.54, 1.807) is 28.6 Å². The van der Waals surface area contributed by atoms with Gasteiger partial charge in [-0.25, -0.2) is 8.42 Å². The first-order chi connectivity index (χ1) is 8.10. The highest BCUT2D eigenvalue weighted by Crippen LogP contribution is 2.22. The molecule has 1 aromatic carbocycles. The Labute approximate surface area is 104 Å². The van der Waals surface area contributed by atoms with Crippen molar-refractivity contribution in [3.05, 3.63) is 30.3 Å². The van der Waals surface area contributed by atoms with E-state index in [4.69, 9.17) is 0 Å². The van der Waals surface area contributed by atoms with Gasteiger partial charge in [-0.3, -0.25) is 0 Å². The van der Waals surface area contributed by atoms with Crippen molar-refractivity contribution in [2.45, 2.75) is 31.1 Å². The van der Waals surface area contributed by atoms with Crippen LogP contribution in [0.2, 0.25) is 0 Å². The third-order valence-electron chi connectivity index (χ3n) is 3.36. The number of hydrogen-bond donors (Lipinski definition) is 0. The van der Waals surface area contributed by atoms with Gasteiger partial charge in [0, 0.05) is 13.1 Å². The molecule has 2 rings (SSSR count). The molecule has 0 aromatic heterocycles. The zero-order valence-corrected chi connectivity index (χ0v) is 11.0. The van der Waals surface area contributed by atoms with Crippen molar-refractivity contribution < 1.29 is 8.42 Å². The first-order valence-electron chi connectivity index (χ1n) is 6.16. The Kier molecular flexibility index (Phi) is 3.84. The second-order valence-corrected chi connectivity index (χ2v) is 6.69. The van der Waals surface area contributed by atoms with Gasteiger partial charge >= 0.3 is 0 Å². The molecule has 0 N–H and O–H groups in total. The molecule has 0 radical (unpaired) electrons. The van der Waals surface area contributed by atoms with Crippen LogP contribution in [0.3, 0.4) is 0 Å². The van der Waals surface area contributed by atoms with Crippen molar-refractivity contribution in [3.8, 4) is 0 Å². The van der Waals surface area contributed by atoms with Crippen LogP contribution in [0.1, 0.15) is 26.2 Å².